The first-order valence-corrected chi connectivity index (χ1v) is 7.86. The average molecular weight is 265 g/mol. The summed E-state index contributed by atoms with van der Waals surface area (Å²) >= 11 is 2.01. The van der Waals surface area contributed by atoms with Gasteiger partial charge in [-0.1, -0.05) is 20.3 Å². The molecule has 4 heteroatoms. The lowest BCUT2D eigenvalue weighted by molar-refractivity contribution is 0.657. The summed E-state index contributed by atoms with van der Waals surface area (Å²) in [6.45, 7) is 6.50. The molecule has 18 heavy (non-hydrogen) atoms. The third-order valence-corrected chi connectivity index (χ3v) is 4.81. The number of hydrogen-bond donors (Lipinski definition) is 1. The first-order valence-electron chi connectivity index (χ1n) is 6.81. The Labute approximate surface area is 114 Å². The van der Waals surface area contributed by atoms with Crippen molar-refractivity contribution in [1.29, 1.82) is 0 Å². The molecule has 1 N–H and O–H groups in total. The Morgan fingerprint density at radius 1 is 1.28 bits per heavy atom. The highest BCUT2D eigenvalue weighted by Crippen LogP contribution is 2.38. The Hall–Kier alpha value is -0.770. The van der Waals surface area contributed by atoms with E-state index < -0.39 is 0 Å². The van der Waals surface area contributed by atoms with Crippen molar-refractivity contribution < 1.29 is 0 Å². The number of nitrogens with one attached hydrogen (secondary N) is 1. The maximum absolute atomic E-state index is 4.75. The monoisotopic (exact) mass is 265 g/mol. The van der Waals surface area contributed by atoms with E-state index >= 15 is 0 Å². The predicted octanol–water partition coefficient (Wildman–Crippen LogP) is 3.91. The van der Waals surface area contributed by atoms with Crippen LogP contribution < -0.4 is 5.32 Å². The van der Waals surface area contributed by atoms with E-state index in [-0.39, 0.29) is 0 Å². The van der Waals surface area contributed by atoms with E-state index in [1.165, 1.54) is 30.6 Å². The van der Waals surface area contributed by atoms with Crippen LogP contribution in [0.4, 0.5) is 5.82 Å². The van der Waals surface area contributed by atoms with Gasteiger partial charge in [0.25, 0.3) is 0 Å². The van der Waals surface area contributed by atoms with Gasteiger partial charge < -0.3 is 5.32 Å². The highest BCUT2D eigenvalue weighted by Gasteiger charge is 2.22. The standard InChI is InChI=1S/C14H23N3S/c1-9(2)12-10(3)16-13(17-14(12)15-4)11-7-5-6-8-18-11/h9,11H,5-8H2,1-4H3,(H,15,16,17). The van der Waals surface area contributed by atoms with Crippen LogP contribution in [0.3, 0.4) is 0 Å². The van der Waals surface area contributed by atoms with Crippen LogP contribution in [-0.4, -0.2) is 22.8 Å². The molecule has 100 valence electrons. The molecule has 1 fully saturated rings. The SMILES string of the molecule is CNc1nc(C2CCCCS2)nc(C)c1C(C)C. The Balaban J connectivity index is 2.35. The van der Waals surface area contributed by atoms with Crippen molar-refractivity contribution in [3.05, 3.63) is 17.1 Å². The minimum absolute atomic E-state index is 0.459. The first kappa shape index (κ1) is 13.7. The van der Waals surface area contributed by atoms with Crippen LogP contribution in [0.2, 0.25) is 0 Å². The molecule has 2 heterocycles. The van der Waals surface area contributed by atoms with Crippen molar-refractivity contribution in [2.24, 2.45) is 0 Å². The second-order valence-corrected chi connectivity index (χ2v) is 6.50. The predicted molar refractivity (Wildman–Crippen MR) is 79.5 cm³/mol. The fraction of sp³-hybridized carbons (Fsp3) is 0.714. The zero-order valence-corrected chi connectivity index (χ0v) is 12.6. The lowest BCUT2D eigenvalue weighted by atomic mass is 10.0. The summed E-state index contributed by atoms with van der Waals surface area (Å²) in [4.78, 5) is 9.51. The molecule has 3 nitrogen and oxygen atoms in total. The molecule has 1 unspecified atom stereocenters. The van der Waals surface area contributed by atoms with Gasteiger partial charge in [0.1, 0.15) is 11.6 Å². The summed E-state index contributed by atoms with van der Waals surface area (Å²) in [5.74, 6) is 3.73. The number of thioether (sulfide) groups is 1. The second kappa shape index (κ2) is 5.91. The number of aryl methyl sites for hydroxylation is 1. The van der Waals surface area contributed by atoms with Crippen LogP contribution in [-0.2, 0) is 0 Å². The topological polar surface area (TPSA) is 37.8 Å². The Morgan fingerprint density at radius 3 is 2.61 bits per heavy atom. The van der Waals surface area contributed by atoms with Gasteiger partial charge in [0.05, 0.1) is 5.25 Å². The third-order valence-electron chi connectivity index (χ3n) is 3.44. The summed E-state index contributed by atoms with van der Waals surface area (Å²) < 4.78 is 0. The summed E-state index contributed by atoms with van der Waals surface area (Å²) in [6, 6.07) is 0. The van der Waals surface area contributed by atoms with Crippen LogP contribution >= 0.6 is 11.8 Å². The molecule has 1 saturated heterocycles. The first-order chi connectivity index (χ1) is 8.63. The van der Waals surface area contributed by atoms with Crippen molar-refractivity contribution in [3.63, 3.8) is 0 Å². The Bertz CT molecular complexity index is 412. The molecule has 1 aromatic heterocycles. The minimum Gasteiger partial charge on any atom is -0.373 e. The van der Waals surface area contributed by atoms with E-state index in [2.05, 4.69) is 26.1 Å². The molecule has 0 aliphatic carbocycles. The largest absolute Gasteiger partial charge is 0.373 e. The van der Waals surface area contributed by atoms with Gasteiger partial charge in [0, 0.05) is 18.3 Å². The summed E-state index contributed by atoms with van der Waals surface area (Å²) in [6.07, 6.45) is 3.86. The summed E-state index contributed by atoms with van der Waals surface area (Å²) in [5.41, 5.74) is 2.38. The van der Waals surface area contributed by atoms with Crippen molar-refractivity contribution in [1.82, 2.24) is 9.97 Å². The van der Waals surface area contributed by atoms with Gasteiger partial charge in [-0.05, 0) is 31.4 Å². The molecule has 0 radical (unpaired) electrons. The zero-order chi connectivity index (χ0) is 13.1. The second-order valence-electron chi connectivity index (χ2n) is 5.19. The van der Waals surface area contributed by atoms with E-state index in [9.17, 15) is 0 Å². The van der Waals surface area contributed by atoms with Crippen molar-refractivity contribution in [2.75, 3.05) is 18.1 Å². The molecule has 1 aliphatic rings. The highest BCUT2D eigenvalue weighted by molar-refractivity contribution is 7.99. The number of aromatic nitrogens is 2. The van der Waals surface area contributed by atoms with Gasteiger partial charge in [-0.25, -0.2) is 9.97 Å². The normalized spacial score (nSPS) is 20.2. The minimum atomic E-state index is 0.459. The Morgan fingerprint density at radius 2 is 2.06 bits per heavy atom. The average Bonchev–Trinajstić information content (AvgIpc) is 2.38. The van der Waals surface area contributed by atoms with Crippen LogP contribution in [0.15, 0.2) is 0 Å². The third kappa shape index (κ3) is 2.79. The van der Waals surface area contributed by atoms with E-state index in [0.29, 0.717) is 11.2 Å². The molecular formula is C14H23N3S. The van der Waals surface area contributed by atoms with Crippen LogP contribution in [0.5, 0.6) is 0 Å². The molecule has 2 rings (SSSR count). The van der Waals surface area contributed by atoms with E-state index in [0.717, 1.165) is 17.3 Å². The quantitative estimate of drug-likeness (QED) is 0.899. The van der Waals surface area contributed by atoms with Crippen molar-refractivity contribution >= 4 is 17.6 Å². The van der Waals surface area contributed by atoms with Gasteiger partial charge in [0.15, 0.2) is 0 Å². The molecule has 0 bridgehead atoms. The van der Waals surface area contributed by atoms with Gasteiger partial charge in [-0.15, -0.1) is 0 Å². The van der Waals surface area contributed by atoms with E-state index in [1.807, 2.05) is 18.8 Å². The summed E-state index contributed by atoms with van der Waals surface area (Å²) in [7, 11) is 1.95. The molecule has 1 aliphatic heterocycles. The van der Waals surface area contributed by atoms with Gasteiger partial charge in [-0.3, -0.25) is 0 Å². The Kier molecular flexibility index (Phi) is 4.49. The fourth-order valence-electron chi connectivity index (χ4n) is 2.57. The molecule has 1 atom stereocenters. The molecular weight excluding hydrogens is 242 g/mol. The number of nitrogens with zero attached hydrogens (tertiary/aromatic N) is 2. The van der Waals surface area contributed by atoms with Crippen LogP contribution in [0.1, 0.15) is 61.4 Å². The lowest BCUT2D eigenvalue weighted by Crippen LogP contribution is -2.12. The van der Waals surface area contributed by atoms with Crippen molar-refractivity contribution in [3.8, 4) is 0 Å². The molecule has 1 aromatic rings. The smallest absolute Gasteiger partial charge is 0.143 e. The number of rotatable bonds is 3. The summed E-state index contributed by atoms with van der Waals surface area (Å²) in [5, 5.41) is 3.73. The van der Waals surface area contributed by atoms with Gasteiger partial charge in [0.2, 0.25) is 0 Å². The molecule has 0 spiro atoms. The zero-order valence-electron chi connectivity index (χ0n) is 11.8. The maximum Gasteiger partial charge on any atom is 0.143 e. The van der Waals surface area contributed by atoms with Gasteiger partial charge in [-0.2, -0.15) is 11.8 Å². The van der Waals surface area contributed by atoms with E-state index in [4.69, 9.17) is 9.97 Å². The van der Waals surface area contributed by atoms with Gasteiger partial charge >= 0.3 is 0 Å². The molecule has 0 saturated carbocycles. The molecule has 0 amide bonds. The number of anilines is 1. The maximum atomic E-state index is 4.75. The van der Waals surface area contributed by atoms with Crippen LogP contribution in [0.25, 0.3) is 0 Å². The lowest BCUT2D eigenvalue weighted by Gasteiger charge is -2.22. The highest BCUT2D eigenvalue weighted by atomic mass is 32.2. The number of hydrogen-bond acceptors (Lipinski definition) is 4. The van der Waals surface area contributed by atoms with Crippen molar-refractivity contribution in [2.45, 2.75) is 51.2 Å². The molecule has 0 aromatic carbocycles. The fourth-order valence-corrected chi connectivity index (χ4v) is 3.82. The van der Waals surface area contributed by atoms with E-state index in [1.54, 1.807) is 0 Å². The van der Waals surface area contributed by atoms with Crippen LogP contribution in [0, 0.1) is 6.92 Å².